The lowest BCUT2D eigenvalue weighted by molar-refractivity contribution is -0.137. The van der Waals surface area contributed by atoms with E-state index in [9.17, 15) is 15.0 Å². The number of hydrogen-bond donors (Lipinski definition) is 3. The molecule has 0 radical (unpaired) electrons. The number of phenolic OH excluding ortho intramolecular Hbond substituents is 1. The molecular weight excluding hydrogens is 334 g/mol. The third-order valence-electron chi connectivity index (χ3n) is 6.82. The van der Waals surface area contributed by atoms with Crippen LogP contribution in [0.25, 0.3) is 0 Å². The monoisotopic (exact) mass is 357 g/mol. The predicted octanol–water partition coefficient (Wildman–Crippen LogP) is 1.43. The first-order chi connectivity index (χ1) is 12.5. The van der Waals surface area contributed by atoms with E-state index in [0.29, 0.717) is 12.2 Å². The van der Waals surface area contributed by atoms with Gasteiger partial charge < -0.3 is 20.1 Å². The summed E-state index contributed by atoms with van der Waals surface area (Å²) in [6, 6.07) is 3.94. The molecule has 6 nitrogen and oxygen atoms in total. The zero-order chi connectivity index (χ0) is 18.1. The Bertz CT molecular complexity index is 806. The second kappa shape index (κ2) is 5.47. The molecule has 138 valence electrons. The molecule has 5 atom stereocenters. The first-order valence-corrected chi connectivity index (χ1v) is 9.36. The molecule has 1 saturated heterocycles. The number of hydrogen-bond acceptors (Lipinski definition) is 5. The van der Waals surface area contributed by atoms with Crippen LogP contribution < -0.4 is 4.74 Å². The molecule has 4 aliphatic rings. The lowest BCUT2D eigenvalue weighted by Crippen LogP contribution is -2.65. The Balaban J connectivity index is 1.57. The number of phenols is 1. The fourth-order valence-corrected chi connectivity index (χ4v) is 5.84. The molecule has 1 spiro atoms. The SMILES string of the molecule is O=C(O)CCCN1CC[C@]23c4c5ccc(O)c4O[C@H]2[C@@H](O)C=C[C@H]3[C@H]1C5. The highest BCUT2D eigenvalue weighted by molar-refractivity contribution is 5.66. The molecule has 26 heavy (non-hydrogen) atoms. The second-order valence-electron chi connectivity index (χ2n) is 7.98. The van der Waals surface area contributed by atoms with E-state index in [1.165, 1.54) is 5.56 Å². The van der Waals surface area contributed by atoms with Crippen molar-refractivity contribution >= 4 is 5.97 Å². The highest BCUT2D eigenvalue weighted by Crippen LogP contribution is 2.62. The van der Waals surface area contributed by atoms with E-state index in [2.05, 4.69) is 11.0 Å². The van der Waals surface area contributed by atoms with E-state index in [1.807, 2.05) is 12.1 Å². The second-order valence-corrected chi connectivity index (χ2v) is 7.98. The van der Waals surface area contributed by atoms with Gasteiger partial charge in [-0.05, 0) is 44.0 Å². The van der Waals surface area contributed by atoms with E-state index < -0.39 is 12.1 Å². The number of aliphatic carboxylic acids is 1. The molecule has 3 N–H and O–H groups in total. The highest BCUT2D eigenvalue weighted by Gasteiger charge is 2.64. The van der Waals surface area contributed by atoms with Gasteiger partial charge in [0.1, 0.15) is 12.2 Å². The van der Waals surface area contributed by atoms with E-state index in [4.69, 9.17) is 9.84 Å². The van der Waals surface area contributed by atoms with Crippen LogP contribution >= 0.6 is 0 Å². The fourth-order valence-electron chi connectivity index (χ4n) is 5.84. The molecular formula is C20H23NO5. The van der Waals surface area contributed by atoms with Crippen molar-refractivity contribution in [3.8, 4) is 11.5 Å². The molecule has 0 saturated carbocycles. The quantitative estimate of drug-likeness (QED) is 0.707. The number of aliphatic hydroxyl groups is 1. The Hall–Kier alpha value is -2.05. The average Bonchev–Trinajstić information content (AvgIpc) is 2.96. The van der Waals surface area contributed by atoms with Gasteiger partial charge in [0.15, 0.2) is 11.5 Å². The number of carbonyl (C=O) groups is 1. The van der Waals surface area contributed by atoms with E-state index >= 15 is 0 Å². The summed E-state index contributed by atoms with van der Waals surface area (Å²) in [5.74, 6) is 0.168. The molecule has 1 aromatic rings. The average molecular weight is 357 g/mol. The lowest BCUT2D eigenvalue weighted by Gasteiger charge is -2.57. The number of carboxylic acid groups (broad SMARTS) is 1. The predicted molar refractivity (Wildman–Crippen MR) is 93.4 cm³/mol. The van der Waals surface area contributed by atoms with Gasteiger partial charge in [-0.25, -0.2) is 0 Å². The minimum Gasteiger partial charge on any atom is -0.504 e. The van der Waals surface area contributed by atoms with Crippen LogP contribution in [0.1, 0.15) is 30.4 Å². The molecule has 2 aliphatic carbocycles. The smallest absolute Gasteiger partial charge is 0.303 e. The number of rotatable bonds is 4. The van der Waals surface area contributed by atoms with Gasteiger partial charge in [0.05, 0.1) is 0 Å². The molecule has 2 heterocycles. The van der Waals surface area contributed by atoms with E-state index in [1.54, 1.807) is 6.07 Å². The maximum Gasteiger partial charge on any atom is 0.303 e. The summed E-state index contributed by atoms with van der Waals surface area (Å²) in [7, 11) is 0. The van der Waals surface area contributed by atoms with Crippen molar-refractivity contribution in [1.82, 2.24) is 4.90 Å². The van der Waals surface area contributed by atoms with Crippen molar-refractivity contribution in [3.63, 3.8) is 0 Å². The number of carboxylic acids is 1. The summed E-state index contributed by atoms with van der Waals surface area (Å²) in [6.07, 6.45) is 5.46. The van der Waals surface area contributed by atoms with Crippen molar-refractivity contribution in [2.24, 2.45) is 5.92 Å². The van der Waals surface area contributed by atoms with Crippen molar-refractivity contribution in [1.29, 1.82) is 0 Å². The number of likely N-dealkylation sites (tertiary alicyclic amines) is 1. The fraction of sp³-hybridized carbons (Fsp3) is 0.550. The van der Waals surface area contributed by atoms with Crippen LogP contribution in [0.3, 0.4) is 0 Å². The molecule has 2 aliphatic heterocycles. The normalized spacial score (nSPS) is 36.5. The van der Waals surface area contributed by atoms with Crippen molar-refractivity contribution < 1.29 is 24.9 Å². The minimum atomic E-state index is -0.752. The van der Waals surface area contributed by atoms with Gasteiger partial charge >= 0.3 is 5.97 Å². The van der Waals surface area contributed by atoms with Crippen molar-refractivity contribution in [2.75, 3.05) is 13.1 Å². The van der Waals surface area contributed by atoms with E-state index in [0.717, 1.165) is 31.5 Å². The molecule has 1 aromatic carbocycles. The standard InChI is InChI=1S/C20H23NO5/c22-14-5-3-11-10-13-12-4-6-15(23)19-20(12,17(11)18(14)26-19)7-9-21(13)8-1-2-16(24)25/h3-6,12-13,15,19,22-23H,1-2,7-10H2,(H,24,25)/t12-,13+,15-,19-,20-/m0/s1. The molecule has 1 fully saturated rings. The van der Waals surface area contributed by atoms with Crippen LogP contribution in [0.5, 0.6) is 11.5 Å². The van der Waals surface area contributed by atoms with Gasteiger partial charge in [-0.1, -0.05) is 18.2 Å². The van der Waals surface area contributed by atoms with Crippen LogP contribution in [0.4, 0.5) is 0 Å². The number of ether oxygens (including phenoxy) is 1. The molecule has 6 heteroatoms. The third kappa shape index (κ3) is 1.97. The maximum absolute atomic E-state index is 10.9. The molecule has 5 rings (SSSR count). The van der Waals surface area contributed by atoms with Crippen LogP contribution in [0, 0.1) is 5.92 Å². The van der Waals surface area contributed by atoms with Crippen molar-refractivity contribution in [2.45, 2.75) is 49.3 Å². The van der Waals surface area contributed by atoms with Gasteiger partial charge in [-0.2, -0.15) is 0 Å². The summed E-state index contributed by atoms with van der Waals surface area (Å²) in [6.45, 7) is 1.63. The van der Waals surface area contributed by atoms with Gasteiger partial charge in [0, 0.05) is 29.4 Å². The number of piperidine rings is 1. The number of aliphatic hydroxyl groups excluding tert-OH is 1. The number of benzene rings is 1. The minimum absolute atomic E-state index is 0.154. The highest BCUT2D eigenvalue weighted by atomic mass is 16.5. The van der Waals surface area contributed by atoms with Crippen LogP contribution in [-0.2, 0) is 16.6 Å². The number of aromatic hydroxyl groups is 1. The summed E-state index contributed by atoms with van der Waals surface area (Å²) < 4.78 is 6.12. The van der Waals surface area contributed by atoms with Crippen molar-refractivity contribution in [3.05, 3.63) is 35.4 Å². The van der Waals surface area contributed by atoms with Gasteiger partial charge in [-0.15, -0.1) is 0 Å². The summed E-state index contributed by atoms with van der Waals surface area (Å²) in [4.78, 5) is 13.3. The Morgan fingerprint density at radius 2 is 2.19 bits per heavy atom. The Kier molecular flexibility index (Phi) is 3.40. The molecule has 2 bridgehead atoms. The van der Waals surface area contributed by atoms with Crippen LogP contribution in [0.2, 0.25) is 0 Å². The summed E-state index contributed by atoms with van der Waals surface area (Å²) >= 11 is 0. The van der Waals surface area contributed by atoms with Gasteiger partial charge in [0.25, 0.3) is 0 Å². The van der Waals surface area contributed by atoms with E-state index in [-0.39, 0.29) is 35.6 Å². The topological polar surface area (TPSA) is 90.2 Å². The van der Waals surface area contributed by atoms with Gasteiger partial charge in [-0.3, -0.25) is 9.69 Å². The lowest BCUT2D eigenvalue weighted by atomic mass is 9.53. The summed E-state index contributed by atoms with van der Waals surface area (Å²) in [5.41, 5.74) is 1.99. The maximum atomic E-state index is 10.9. The first-order valence-electron chi connectivity index (χ1n) is 9.36. The third-order valence-corrected chi connectivity index (χ3v) is 6.82. The summed E-state index contributed by atoms with van der Waals surface area (Å²) in [5, 5.41) is 29.8. The molecule has 0 aromatic heterocycles. The van der Waals surface area contributed by atoms with Crippen LogP contribution in [0.15, 0.2) is 24.3 Å². The Morgan fingerprint density at radius 3 is 3.00 bits per heavy atom. The Labute approximate surface area is 151 Å². The zero-order valence-electron chi connectivity index (χ0n) is 14.5. The first kappa shape index (κ1) is 16.1. The van der Waals surface area contributed by atoms with Gasteiger partial charge in [0.2, 0.25) is 0 Å². The molecule has 0 amide bonds. The van der Waals surface area contributed by atoms with Crippen LogP contribution in [-0.4, -0.2) is 57.5 Å². The zero-order valence-corrected chi connectivity index (χ0v) is 14.5. The number of nitrogens with zero attached hydrogens (tertiary/aromatic N) is 1. The Morgan fingerprint density at radius 1 is 1.35 bits per heavy atom. The largest absolute Gasteiger partial charge is 0.504 e. The molecule has 0 unspecified atom stereocenters.